The van der Waals surface area contributed by atoms with Crippen LogP contribution >= 0.6 is 0 Å². The number of hydrogen-bond donors (Lipinski definition) is 0. The van der Waals surface area contributed by atoms with Crippen molar-refractivity contribution in [1.29, 1.82) is 0 Å². The van der Waals surface area contributed by atoms with Crippen molar-refractivity contribution < 1.29 is 0 Å². The summed E-state index contributed by atoms with van der Waals surface area (Å²) in [4.78, 5) is 11.0. The molecule has 1 saturated carbocycles. The van der Waals surface area contributed by atoms with Crippen molar-refractivity contribution in [3.8, 4) is 0 Å². The molecular formula is C20H34N2. The van der Waals surface area contributed by atoms with Gasteiger partial charge in [-0.1, -0.05) is 61.3 Å². The van der Waals surface area contributed by atoms with Gasteiger partial charge in [-0.25, -0.2) is 0 Å². The zero-order valence-electron chi connectivity index (χ0n) is 15.7. The summed E-state index contributed by atoms with van der Waals surface area (Å²) in [6, 6.07) is 0. The van der Waals surface area contributed by atoms with Crippen molar-refractivity contribution in [1.82, 2.24) is 0 Å². The van der Waals surface area contributed by atoms with E-state index in [2.05, 4.69) is 48.5 Å². The Kier molecular flexibility index (Phi) is 3.44. The lowest BCUT2D eigenvalue weighted by molar-refractivity contribution is 0.156. The minimum absolute atomic E-state index is 0.0885. The lowest BCUT2D eigenvalue weighted by Crippen LogP contribution is -2.52. The van der Waals surface area contributed by atoms with Crippen molar-refractivity contribution in [3.63, 3.8) is 0 Å². The molecule has 0 aromatic heterocycles. The Morgan fingerprint density at radius 3 is 2.14 bits per heavy atom. The summed E-state index contributed by atoms with van der Waals surface area (Å²) in [6.07, 6.45) is 7.42. The Balaban J connectivity index is 2.14. The van der Waals surface area contributed by atoms with Crippen LogP contribution in [0, 0.1) is 16.7 Å². The SMILES string of the molecule is CC[C@H]1C(C(C)(C)C)=N[C@@]23CCCC[C@@]12N=C(C(C)(C)C)C3. The van der Waals surface area contributed by atoms with Crippen LogP contribution in [0.25, 0.3) is 0 Å². The van der Waals surface area contributed by atoms with E-state index in [-0.39, 0.29) is 21.9 Å². The van der Waals surface area contributed by atoms with Gasteiger partial charge in [0.15, 0.2) is 0 Å². The van der Waals surface area contributed by atoms with Gasteiger partial charge in [0, 0.05) is 29.2 Å². The molecule has 2 aliphatic heterocycles. The topological polar surface area (TPSA) is 24.7 Å². The number of aliphatic imine (C=N–C) groups is 2. The minimum Gasteiger partial charge on any atom is -0.284 e. The maximum atomic E-state index is 5.48. The van der Waals surface area contributed by atoms with E-state index in [0.29, 0.717) is 5.92 Å². The highest BCUT2D eigenvalue weighted by Crippen LogP contribution is 2.60. The zero-order chi connectivity index (χ0) is 16.4. The molecule has 3 aliphatic rings. The van der Waals surface area contributed by atoms with E-state index in [1.165, 1.54) is 43.5 Å². The third kappa shape index (κ3) is 2.05. The summed E-state index contributed by atoms with van der Waals surface area (Å²) in [5, 5.41) is 0. The molecule has 2 heterocycles. The molecule has 2 heteroatoms. The summed E-state index contributed by atoms with van der Waals surface area (Å²) in [5.41, 5.74) is 3.41. The van der Waals surface area contributed by atoms with E-state index < -0.39 is 0 Å². The molecule has 1 aliphatic carbocycles. The van der Waals surface area contributed by atoms with Gasteiger partial charge >= 0.3 is 0 Å². The Labute approximate surface area is 136 Å². The monoisotopic (exact) mass is 302 g/mol. The van der Waals surface area contributed by atoms with E-state index in [1.807, 2.05) is 0 Å². The van der Waals surface area contributed by atoms with Crippen molar-refractivity contribution >= 4 is 11.4 Å². The van der Waals surface area contributed by atoms with E-state index in [9.17, 15) is 0 Å². The molecule has 0 saturated heterocycles. The summed E-state index contributed by atoms with van der Waals surface area (Å²) in [6.45, 7) is 16.3. The van der Waals surface area contributed by atoms with E-state index in [4.69, 9.17) is 9.98 Å². The molecule has 0 N–H and O–H groups in total. The van der Waals surface area contributed by atoms with E-state index in [1.54, 1.807) is 0 Å². The molecule has 0 bridgehead atoms. The molecule has 3 atom stereocenters. The average Bonchev–Trinajstić information content (AvgIpc) is 2.86. The third-order valence-corrected chi connectivity index (χ3v) is 6.28. The predicted molar refractivity (Wildman–Crippen MR) is 96.1 cm³/mol. The van der Waals surface area contributed by atoms with Crippen LogP contribution in [-0.2, 0) is 0 Å². The van der Waals surface area contributed by atoms with Crippen molar-refractivity contribution in [2.75, 3.05) is 0 Å². The van der Waals surface area contributed by atoms with Gasteiger partial charge in [0.1, 0.15) is 0 Å². The second kappa shape index (κ2) is 4.68. The number of rotatable bonds is 1. The molecule has 0 unspecified atom stereocenters. The Bertz CT molecular complexity index is 529. The summed E-state index contributed by atoms with van der Waals surface area (Å²) in [5.74, 6) is 0.549. The first-order chi connectivity index (χ1) is 10.1. The number of nitrogens with zero attached hydrogens (tertiary/aromatic N) is 2. The van der Waals surface area contributed by atoms with Gasteiger partial charge in [-0.05, 0) is 24.7 Å². The fourth-order valence-corrected chi connectivity index (χ4v) is 5.18. The molecule has 1 fully saturated rings. The summed E-state index contributed by atoms with van der Waals surface area (Å²) >= 11 is 0. The molecule has 0 spiro atoms. The highest BCUT2D eigenvalue weighted by atomic mass is 15.1. The second-order valence-corrected chi connectivity index (χ2v) is 9.86. The summed E-state index contributed by atoms with van der Waals surface area (Å²) in [7, 11) is 0. The molecule has 3 rings (SSSR count). The lowest BCUT2D eigenvalue weighted by atomic mass is 9.61. The largest absolute Gasteiger partial charge is 0.284 e. The van der Waals surface area contributed by atoms with Crippen LogP contribution in [0.3, 0.4) is 0 Å². The van der Waals surface area contributed by atoms with Gasteiger partial charge in [-0.3, -0.25) is 9.98 Å². The fraction of sp³-hybridized carbons (Fsp3) is 0.900. The summed E-state index contributed by atoms with van der Waals surface area (Å²) < 4.78 is 0. The van der Waals surface area contributed by atoms with E-state index in [0.717, 1.165) is 6.42 Å². The Morgan fingerprint density at radius 1 is 0.955 bits per heavy atom. The molecule has 22 heavy (non-hydrogen) atoms. The van der Waals surface area contributed by atoms with Crippen LogP contribution in [0.5, 0.6) is 0 Å². The Hall–Kier alpha value is -0.660. The maximum absolute atomic E-state index is 5.48. The van der Waals surface area contributed by atoms with Crippen LogP contribution in [0.4, 0.5) is 0 Å². The molecule has 124 valence electrons. The molecule has 0 aromatic rings. The molecule has 2 nitrogen and oxygen atoms in total. The van der Waals surface area contributed by atoms with Crippen molar-refractivity contribution in [2.45, 2.75) is 98.1 Å². The van der Waals surface area contributed by atoms with Gasteiger partial charge < -0.3 is 0 Å². The average molecular weight is 303 g/mol. The fourth-order valence-electron chi connectivity index (χ4n) is 5.18. The molecule has 0 radical (unpaired) electrons. The van der Waals surface area contributed by atoms with Gasteiger partial charge in [-0.2, -0.15) is 0 Å². The first kappa shape index (κ1) is 16.2. The molecule has 0 aromatic carbocycles. The van der Waals surface area contributed by atoms with Gasteiger partial charge in [0.25, 0.3) is 0 Å². The zero-order valence-corrected chi connectivity index (χ0v) is 15.7. The second-order valence-electron chi connectivity index (χ2n) is 9.86. The van der Waals surface area contributed by atoms with Crippen LogP contribution in [0.1, 0.15) is 87.0 Å². The quantitative estimate of drug-likeness (QED) is 0.615. The first-order valence-corrected chi connectivity index (χ1v) is 9.25. The molecular weight excluding hydrogens is 268 g/mol. The van der Waals surface area contributed by atoms with Crippen LogP contribution in [0.15, 0.2) is 9.98 Å². The highest BCUT2D eigenvalue weighted by molar-refractivity contribution is 6.00. The highest BCUT2D eigenvalue weighted by Gasteiger charge is 2.66. The van der Waals surface area contributed by atoms with Gasteiger partial charge in [0.05, 0.1) is 11.1 Å². The Morgan fingerprint density at radius 2 is 1.59 bits per heavy atom. The van der Waals surface area contributed by atoms with Crippen LogP contribution in [-0.4, -0.2) is 22.5 Å². The van der Waals surface area contributed by atoms with Gasteiger partial charge in [-0.15, -0.1) is 0 Å². The minimum atomic E-state index is 0.0885. The third-order valence-electron chi connectivity index (χ3n) is 6.28. The van der Waals surface area contributed by atoms with Gasteiger partial charge in [0.2, 0.25) is 0 Å². The normalized spacial score (nSPS) is 38.4. The van der Waals surface area contributed by atoms with E-state index >= 15 is 0 Å². The predicted octanol–water partition coefficient (Wildman–Crippen LogP) is 5.46. The van der Waals surface area contributed by atoms with Crippen molar-refractivity contribution in [2.24, 2.45) is 26.7 Å². The lowest BCUT2D eigenvalue weighted by Gasteiger charge is -2.44. The maximum Gasteiger partial charge on any atom is 0.0941 e. The molecule has 0 amide bonds. The van der Waals surface area contributed by atoms with Crippen molar-refractivity contribution in [3.05, 3.63) is 0 Å². The first-order valence-electron chi connectivity index (χ1n) is 9.25. The van der Waals surface area contributed by atoms with Crippen LogP contribution < -0.4 is 0 Å². The number of hydrogen-bond acceptors (Lipinski definition) is 2. The standard InChI is InChI=1S/C20H34N2/c1-8-14-16(18(5,6)7)22-19-11-9-10-12-20(14,19)21-15(13-19)17(2,3)4/h14H,8-13H2,1-7H3/t14-,19+,20+/m0/s1. The van der Waals surface area contributed by atoms with Crippen LogP contribution in [0.2, 0.25) is 0 Å². The smallest absolute Gasteiger partial charge is 0.0941 e.